The van der Waals surface area contributed by atoms with Gasteiger partial charge >= 0.3 is 0 Å². The molecular weight excluding hydrogens is 440 g/mol. The first-order valence-corrected chi connectivity index (χ1v) is 14.2. The SMILES string of the molecule is CCCCCCCCCCCCCCCCCC(CCO)(Cc1ccccc1)N1C=NCC1.Cl. The van der Waals surface area contributed by atoms with E-state index in [-0.39, 0.29) is 24.6 Å². The zero-order chi connectivity index (χ0) is 23.5. The lowest BCUT2D eigenvalue weighted by atomic mass is 9.81. The molecule has 2 rings (SSSR count). The van der Waals surface area contributed by atoms with Crippen molar-refractivity contribution >= 4 is 18.7 Å². The number of unbranched alkanes of at least 4 members (excludes halogenated alkanes) is 14. The molecule has 1 aromatic carbocycles. The van der Waals surface area contributed by atoms with Crippen LogP contribution in [0.15, 0.2) is 35.3 Å². The molecule has 3 nitrogen and oxygen atoms in total. The van der Waals surface area contributed by atoms with Gasteiger partial charge in [0, 0.05) is 18.7 Å². The monoisotopic (exact) mass is 492 g/mol. The van der Waals surface area contributed by atoms with Gasteiger partial charge in [0.05, 0.1) is 12.9 Å². The van der Waals surface area contributed by atoms with E-state index in [1.54, 1.807) is 0 Å². The van der Waals surface area contributed by atoms with Crippen LogP contribution >= 0.6 is 12.4 Å². The molecule has 34 heavy (non-hydrogen) atoms. The fourth-order valence-corrected chi connectivity index (χ4v) is 5.44. The molecule has 0 aromatic heterocycles. The maximum atomic E-state index is 9.89. The van der Waals surface area contributed by atoms with Crippen LogP contribution in [-0.2, 0) is 6.42 Å². The summed E-state index contributed by atoms with van der Waals surface area (Å²) >= 11 is 0. The minimum absolute atomic E-state index is 0. The molecule has 1 unspecified atom stereocenters. The number of hydrogen-bond donors (Lipinski definition) is 1. The van der Waals surface area contributed by atoms with Crippen LogP contribution in [0.4, 0.5) is 0 Å². The first kappa shape index (κ1) is 31.0. The third-order valence-electron chi connectivity index (χ3n) is 7.50. The normalized spacial score (nSPS) is 14.8. The summed E-state index contributed by atoms with van der Waals surface area (Å²) in [5.74, 6) is 0. The highest BCUT2D eigenvalue weighted by molar-refractivity contribution is 5.85. The minimum Gasteiger partial charge on any atom is -0.396 e. The molecule has 1 N–H and O–H groups in total. The summed E-state index contributed by atoms with van der Waals surface area (Å²) in [7, 11) is 0. The molecule has 0 saturated carbocycles. The van der Waals surface area contributed by atoms with Crippen molar-refractivity contribution in [2.24, 2.45) is 4.99 Å². The van der Waals surface area contributed by atoms with Gasteiger partial charge in [-0.25, -0.2) is 0 Å². The van der Waals surface area contributed by atoms with Gasteiger partial charge < -0.3 is 10.0 Å². The van der Waals surface area contributed by atoms with Crippen LogP contribution in [0.25, 0.3) is 0 Å². The van der Waals surface area contributed by atoms with Crippen molar-refractivity contribution in [1.29, 1.82) is 0 Å². The predicted octanol–water partition coefficient (Wildman–Crippen LogP) is 8.38. The number of benzene rings is 1. The highest BCUT2D eigenvalue weighted by Crippen LogP contribution is 2.31. The van der Waals surface area contributed by atoms with Gasteiger partial charge in [-0.3, -0.25) is 4.99 Å². The third kappa shape index (κ3) is 12.6. The van der Waals surface area contributed by atoms with E-state index in [1.165, 1.54) is 102 Å². The van der Waals surface area contributed by atoms with Gasteiger partial charge in [-0.05, 0) is 24.8 Å². The van der Waals surface area contributed by atoms with Crippen LogP contribution in [0.5, 0.6) is 0 Å². The Balaban J connectivity index is 0.00000578. The highest BCUT2D eigenvalue weighted by atomic mass is 35.5. The van der Waals surface area contributed by atoms with E-state index in [0.29, 0.717) is 0 Å². The number of rotatable bonds is 21. The number of aliphatic hydroxyl groups is 1. The van der Waals surface area contributed by atoms with Crippen LogP contribution in [0.3, 0.4) is 0 Å². The fourth-order valence-electron chi connectivity index (χ4n) is 5.44. The van der Waals surface area contributed by atoms with E-state index in [9.17, 15) is 5.11 Å². The van der Waals surface area contributed by atoms with Crippen LogP contribution in [-0.4, -0.2) is 41.6 Å². The highest BCUT2D eigenvalue weighted by Gasteiger charge is 2.35. The van der Waals surface area contributed by atoms with E-state index in [4.69, 9.17) is 0 Å². The molecule has 0 spiro atoms. The second-order valence-electron chi connectivity index (χ2n) is 10.3. The molecule has 0 bridgehead atoms. The lowest BCUT2D eigenvalue weighted by molar-refractivity contribution is 0.121. The van der Waals surface area contributed by atoms with Crippen molar-refractivity contribution in [2.45, 2.75) is 128 Å². The second kappa shape index (κ2) is 20.2. The Morgan fingerprint density at radius 3 is 1.76 bits per heavy atom. The predicted molar refractivity (Wildman–Crippen MR) is 151 cm³/mol. The molecule has 1 atom stereocenters. The fraction of sp³-hybridized carbons (Fsp3) is 0.767. The Hall–Kier alpha value is -1.06. The van der Waals surface area contributed by atoms with Gasteiger partial charge in [-0.1, -0.05) is 134 Å². The van der Waals surface area contributed by atoms with Crippen LogP contribution < -0.4 is 0 Å². The Labute approximate surface area is 217 Å². The molecule has 0 radical (unpaired) electrons. The Kier molecular flexibility index (Phi) is 18.4. The van der Waals surface area contributed by atoms with Crippen molar-refractivity contribution in [3.05, 3.63) is 35.9 Å². The molecule has 196 valence electrons. The van der Waals surface area contributed by atoms with Gasteiger partial charge in [-0.2, -0.15) is 0 Å². The summed E-state index contributed by atoms with van der Waals surface area (Å²) < 4.78 is 0. The Morgan fingerprint density at radius 1 is 0.765 bits per heavy atom. The van der Waals surface area contributed by atoms with Crippen molar-refractivity contribution in [2.75, 3.05) is 19.7 Å². The molecular formula is C30H53ClN2O. The average Bonchev–Trinajstić information content (AvgIpc) is 3.38. The summed E-state index contributed by atoms with van der Waals surface area (Å²) in [5.41, 5.74) is 1.37. The molecule has 1 aliphatic rings. The lowest BCUT2D eigenvalue weighted by Gasteiger charge is -2.42. The molecule has 0 aliphatic carbocycles. The first-order valence-electron chi connectivity index (χ1n) is 14.2. The number of nitrogens with zero attached hydrogens (tertiary/aromatic N) is 2. The van der Waals surface area contributed by atoms with Crippen molar-refractivity contribution in [3.63, 3.8) is 0 Å². The molecule has 1 aromatic rings. The molecule has 4 heteroatoms. The van der Waals surface area contributed by atoms with E-state index < -0.39 is 0 Å². The van der Waals surface area contributed by atoms with Gasteiger partial charge in [0.1, 0.15) is 0 Å². The lowest BCUT2D eigenvalue weighted by Crippen LogP contribution is -2.49. The third-order valence-corrected chi connectivity index (χ3v) is 7.50. The van der Waals surface area contributed by atoms with E-state index in [2.05, 4.69) is 47.1 Å². The van der Waals surface area contributed by atoms with Crippen molar-refractivity contribution < 1.29 is 5.11 Å². The number of hydrogen-bond acceptors (Lipinski definition) is 3. The topological polar surface area (TPSA) is 35.8 Å². The van der Waals surface area contributed by atoms with Gasteiger partial charge in [0.15, 0.2) is 0 Å². The summed E-state index contributed by atoms with van der Waals surface area (Å²) in [6.45, 7) is 4.42. The Morgan fingerprint density at radius 2 is 1.29 bits per heavy atom. The maximum absolute atomic E-state index is 9.89. The minimum atomic E-state index is 0. The van der Waals surface area contributed by atoms with Crippen LogP contribution in [0, 0.1) is 0 Å². The van der Waals surface area contributed by atoms with Crippen LogP contribution in [0.1, 0.15) is 122 Å². The second-order valence-corrected chi connectivity index (χ2v) is 10.3. The number of aliphatic imine (C=N–C) groups is 1. The smallest absolute Gasteiger partial charge is 0.0856 e. The zero-order valence-corrected chi connectivity index (χ0v) is 22.9. The number of halogens is 1. The van der Waals surface area contributed by atoms with Crippen molar-refractivity contribution in [1.82, 2.24) is 4.90 Å². The van der Waals surface area contributed by atoms with E-state index in [1.807, 2.05) is 6.34 Å². The van der Waals surface area contributed by atoms with Gasteiger partial charge in [0.25, 0.3) is 0 Å². The quantitative estimate of drug-likeness (QED) is 0.175. The average molecular weight is 493 g/mol. The molecule has 1 heterocycles. The molecule has 0 amide bonds. The summed E-state index contributed by atoms with van der Waals surface area (Å²) in [4.78, 5) is 6.93. The summed E-state index contributed by atoms with van der Waals surface area (Å²) in [5, 5.41) is 9.89. The Bertz CT molecular complexity index is 609. The van der Waals surface area contributed by atoms with Crippen LogP contribution in [0.2, 0.25) is 0 Å². The van der Waals surface area contributed by atoms with Crippen molar-refractivity contribution in [3.8, 4) is 0 Å². The largest absolute Gasteiger partial charge is 0.396 e. The van der Waals surface area contributed by atoms with E-state index in [0.717, 1.165) is 32.4 Å². The molecule has 1 aliphatic heterocycles. The number of aliphatic hydroxyl groups excluding tert-OH is 1. The first-order chi connectivity index (χ1) is 16.3. The molecule has 0 saturated heterocycles. The zero-order valence-electron chi connectivity index (χ0n) is 22.1. The van der Waals surface area contributed by atoms with Gasteiger partial charge in [0.2, 0.25) is 0 Å². The maximum Gasteiger partial charge on any atom is 0.0856 e. The van der Waals surface area contributed by atoms with E-state index >= 15 is 0 Å². The molecule has 0 fully saturated rings. The summed E-state index contributed by atoms with van der Waals surface area (Å²) in [6.07, 6.45) is 26.0. The standard InChI is InChI=1S/C30H52N2O.ClH/c1-2-3-4-5-6-7-8-9-10-11-12-13-14-15-19-22-30(23-26-33,32-25-24-31-28-32)27-29-20-17-16-18-21-29;/h16-18,20-21,28,33H,2-15,19,22-27H2,1H3;1H. The summed E-state index contributed by atoms with van der Waals surface area (Å²) in [6, 6.07) is 10.8. The van der Waals surface area contributed by atoms with Gasteiger partial charge in [-0.15, -0.1) is 12.4 Å².